The molecule has 0 bridgehead atoms. The number of furan rings is 1. The number of rotatable bonds is 0. The average Bonchev–Trinajstić information content (AvgIpc) is 3.40. The fourth-order valence-corrected chi connectivity index (χ4v) is 1.29. The lowest BCUT2D eigenvalue weighted by Crippen LogP contribution is -1.47. The van der Waals surface area contributed by atoms with Crippen molar-refractivity contribution < 1.29 is 4.42 Å². The lowest BCUT2D eigenvalue weighted by molar-refractivity contribution is 0.567. The summed E-state index contributed by atoms with van der Waals surface area (Å²) in [6.45, 7) is 12.0. The van der Waals surface area contributed by atoms with Crippen LogP contribution in [0.1, 0.15) is 49.0 Å². The second-order valence-electron chi connectivity index (χ2n) is 2.74. The summed E-state index contributed by atoms with van der Waals surface area (Å²) in [6, 6.07) is 19.7. The first kappa shape index (κ1) is 33.8. The van der Waals surface area contributed by atoms with Crippen molar-refractivity contribution in [2.24, 2.45) is 0 Å². The Kier molecular flexibility index (Phi) is 60.4. The molecule has 0 aliphatic rings. The number of benzene rings is 1. The average molecular weight is 347 g/mol. The van der Waals surface area contributed by atoms with Crippen LogP contribution < -0.4 is 0 Å². The zero-order chi connectivity index (χ0) is 17.3. The van der Waals surface area contributed by atoms with E-state index >= 15 is 0 Å². The highest BCUT2D eigenvalue weighted by molar-refractivity contribution is 7.07. The molecule has 0 atom stereocenters. The lowest BCUT2D eigenvalue weighted by atomic mass is 10.4. The first-order valence-corrected chi connectivity index (χ1v) is 8.89. The van der Waals surface area contributed by atoms with Gasteiger partial charge in [-0.3, -0.25) is 0 Å². The van der Waals surface area contributed by atoms with Gasteiger partial charge in [0.15, 0.2) is 0 Å². The highest BCUT2D eigenvalue weighted by Crippen LogP contribution is 1.91. The Morgan fingerprint density at radius 1 is 0.500 bits per heavy atom. The zero-order valence-corrected chi connectivity index (χ0v) is 16.3. The molecule has 0 aliphatic carbocycles. The summed E-state index contributed by atoms with van der Waals surface area (Å²) in [5.74, 6) is 0. The molecule has 3 aromatic rings. The molecule has 24 heavy (non-hydrogen) atoms. The van der Waals surface area contributed by atoms with E-state index in [0.29, 0.717) is 0 Å². The van der Waals surface area contributed by atoms with Crippen LogP contribution in [0, 0.1) is 0 Å². The quantitative estimate of drug-likeness (QED) is 0.375. The van der Waals surface area contributed by atoms with Gasteiger partial charge in [0, 0.05) is 8.41 Å². The third kappa shape index (κ3) is 37.0. The smallest absolute Gasteiger partial charge is 0.0902 e. The Hall–Kier alpha value is -1.74. The van der Waals surface area contributed by atoms with E-state index in [1.165, 1.54) is 0 Å². The fraction of sp³-hybridized carbons (Fsp3) is 0.333. The van der Waals surface area contributed by atoms with Crippen LogP contribution in [0.15, 0.2) is 88.4 Å². The molecule has 3 radical (unpaired) electrons. The highest BCUT2D eigenvalue weighted by atomic mass is 32.1. The van der Waals surface area contributed by atoms with E-state index in [4.69, 9.17) is 0 Å². The minimum absolute atomic E-state index is 0. The number of hydrogen-bond donors (Lipinski definition) is 0. The summed E-state index contributed by atoms with van der Waals surface area (Å²) in [7, 11) is 0. The first-order valence-electron chi connectivity index (χ1n) is 7.94. The van der Waals surface area contributed by atoms with Gasteiger partial charge in [-0.15, -0.1) is 0 Å². The molecule has 0 N–H and O–H groups in total. The summed E-state index contributed by atoms with van der Waals surface area (Å²) < 4.78 is 4.58. The summed E-state index contributed by atoms with van der Waals surface area (Å²) in [4.78, 5) is 0. The molecule has 0 fully saturated rings. The minimum Gasteiger partial charge on any atom is -0.473 e. The molecule has 0 unspecified atom stereocenters. The molecule has 0 saturated carbocycles. The van der Waals surface area contributed by atoms with Gasteiger partial charge in [0.25, 0.3) is 0 Å². The molecule has 0 saturated heterocycles. The van der Waals surface area contributed by atoms with Crippen molar-refractivity contribution in [2.75, 3.05) is 0 Å². The van der Waals surface area contributed by atoms with Crippen molar-refractivity contribution in [1.82, 2.24) is 0 Å². The van der Waals surface area contributed by atoms with Gasteiger partial charge in [-0.05, 0) is 22.9 Å². The summed E-state index contributed by atoms with van der Waals surface area (Å²) in [5.41, 5.74) is 0. The Morgan fingerprint density at radius 2 is 0.792 bits per heavy atom. The van der Waals surface area contributed by atoms with E-state index in [2.05, 4.69) is 4.42 Å². The van der Waals surface area contributed by atoms with Crippen molar-refractivity contribution in [2.45, 2.75) is 49.0 Å². The van der Waals surface area contributed by atoms with Crippen LogP contribution in [0.4, 0.5) is 0 Å². The van der Waals surface area contributed by atoms with E-state index in [9.17, 15) is 0 Å². The van der Waals surface area contributed by atoms with E-state index in [-0.39, 0.29) is 15.8 Å². The van der Waals surface area contributed by atoms with Gasteiger partial charge in [0.05, 0.1) is 12.5 Å². The van der Waals surface area contributed by atoms with E-state index < -0.39 is 0 Å². The Labute approximate surface area is 157 Å². The molecule has 3 rings (SSSR count). The van der Waals surface area contributed by atoms with Gasteiger partial charge >= 0.3 is 0 Å². The van der Waals surface area contributed by atoms with Crippen LogP contribution in [0.2, 0.25) is 0 Å². The van der Waals surface area contributed by atoms with Gasteiger partial charge in [-0.1, -0.05) is 97.5 Å². The molecular formula is C21H36BOS. The van der Waals surface area contributed by atoms with Crippen molar-refractivity contribution in [1.29, 1.82) is 0 Å². The maximum Gasteiger partial charge on any atom is 0.0902 e. The van der Waals surface area contributed by atoms with Crippen molar-refractivity contribution in [3.8, 4) is 0 Å². The van der Waals surface area contributed by atoms with E-state index in [1.54, 1.807) is 23.9 Å². The molecule has 0 spiro atoms. The first-order chi connectivity index (χ1) is 11.0. The molecule has 0 amide bonds. The van der Waals surface area contributed by atoms with Crippen LogP contribution >= 0.6 is 11.3 Å². The molecule has 1 nitrogen and oxygen atoms in total. The van der Waals surface area contributed by atoms with Crippen LogP contribution in [0.5, 0.6) is 0 Å². The molecule has 2 heterocycles. The third-order valence-corrected chi connectivity index (χ3v) is 2.15. The van der Waals surface area contributed by atoms with Crippen molar-refractivity contribution >= 4 is 19.7 Å². The zero-order valence-electron chi connectivity index (χ0n) is 15.5. The standard InChI is InChI=1S/C6H6.C4H4O.C4H4S.3C2H6.CH4.B/c1-2-4-6-5-3-1;2*1-2-4-5-3-1;3*1-2;;/h1-6H;2*1-4H;3*1-2H3;1H4;. The predicted molar refractivity (Wildman–Crippen MR) is 116 cm³/mol. The monoisotopic (exact) mass is 347 g/mol. The number of hydrogen-bond acceptors (Lipinski definition) is 2. The Morgan fingerprint density at radius 3 is 0.917 bits per heavy atom. The van der Waals surface area contributed by atoms with Crippen molar-refractivity contribution in [3.63, 3.8) is 0 Å². The largest absolute Gasteiger partial charge is 0.473 e. The maximum absolute atomic E-state index is 4.58. The van der Waals surface area contributed by atoms with Crippen LogP contribution in [0.3, 0.4) is 0 Å². The molecule has 135 valence electrons. The predicted octanol–water partition coefficient (Wildman–Crippen LogP) is 8.05. The molecule has 3 heteroatoms. The fourth-order valence-electron chi connectivity index (χ4n) is 0.839. The van der Waals surface area contributed by atoms with Crippen LogP contribution in [-0.2, 0) is 0 Å². The summed E-state index contributed by atoms with van der Waals surface area (Å²) in [5, 5.41) is 4.08. The van der Waals surface area contributed by atoms with Crippen molar-refractivity contribution in [3.05, 3.63) is 84.0 Å². The summed E-state index contributed by atoms with van der Waals surface area (Å²) in [6.07, 6.45) is 3.25. The molecular weight excluding hydrogens is 311 g/mol. The summed E-state index contributed by atoms with van der Waals surface area (Å²) >= 11 is 1.71. The van der Waals surface area contributed by atoms with Gasteiger partial charge in [-0.2, -0.15) is 11.3 Å². The van der Waals surface area contributed by atoms with Crippen LogP contribution in [-0.4, -0.2) is 8.41 Å². The maximum atomic E-state index is 4.58. The Balaban J connectivity index is -0.0000000631. The van der Waals surface area contributed by atoms with Gasteiger partial charge in [0.1, 0.15) is 0 Å². The third-order valence-electron chi connectivity index (χ3n) is 1.52. The SMILES string of the molecule is C.CC.CC.CC.[B].c1ccccc1.c1ccoc1.c1ccsc1. The van der Waals surface area contributed by atoms with Gasteiger partial charge < -0.3 is 4.42 Å². The molecule has 0 aliphatic heterocycles. The lowest BCUT2D eigenvalue weighted by Gasteiger charge is -1.69. The second kappa shape index (κ2) is 42.9. The second-order valence-corrected chi connectivity index (χ2v) is 3.56. The minimum atomic E-state index is 0. The molecule has 2 aromatic heterocycles. The molecule has 1 aromatic carbocycles. The normalized spacial score (nSPS) is 6.08. The number of thiophene rings is 1. The van der Waals surface area contributed by atoms with E-state index in [1.807, 2.05) is 113 Å². The Bertz CT molecular complexity index is 309. The van der Waals surface area contributed by atoms with Gasteiger partial charge in [0.2, 0.25) is 0 Å². The van der Waals surface area contributed by atoms with E-state index in [0.717, 1.165) is 0 Å². The highest BCUT2D eigenvalue weighted by Gasteiger charge is 1.59. The van der Waals surface area contributed by atoms with Crippen LogP contribution in [0.25, 0.3) is 0 Å². The topological polar surface area (TPSA) is 13.1 Å². The van der Waals surface area contributed by atoms with Gasteiger partial charge in [-0.25, -0.2) is 0 Å².